The van der Waals surface area contributed by atoms with Crippen molar-refractivity contribution in [1.82, 2.24) is 0 Å². The molecule has 7 heteroatoms. The van der Waals surface area contributed by atoms with Gasteiger partial charge in [-0.3, -0.25) is 9.79 Å². The minimum Gasteiger partial charge on any atom is -0.478 e. The topological polar surface area (TPSA) is 82.3 Å². The highest BCUT2D eigenvalue weighted by Gasteiger charge is 2.34. The van der Waals surface area contributed by atoms with Crippen molar-refractivity contribution in [3.05, 3.63) is 58.6 Å². The molecule has 0 bridgehead atoms. The highest BCUT2D eigenvalue weighted by atomic mass is 35.5. The average molecular weight is 370 g/mol. The molecule has 1 amide bonds. The molecule has 1 atom stereocenters. The molecule has 0 aliphatic carbocycles. The lowest BCUT2D eigenvalue weighted by Crippen LogP contribution is -2.28. The fourth-order valence-corrected chi connectivity index (χ4v) is 2.96. The average Bonchev–Trinajstić information content (AvgIpc) is 2.87. The zero-order valence-corrected chi connectivity index (χ0v) is 14.9. The van der Waals surface area contributed by atoms with Gasteiger partial charge in [-0.2, -0.15) is 10.1 Å². The van der Waals surface area contributed by atoms with Gasteiger partial charge >= 0.3 is 5.97 Å². The van der Waals surface area contributed by atoms with Crippen LogP contribution in [0.3, 0.4) is 0 Å². The Hall–Kier alpha value is -2.99. The number of anilines is 1. The van der Waals surface area contributed by atoms with E-state index in [2.05, 4.69) is 10.1 Å². The lowest BCUT2D eigenvalue weighted by molar-refractivity contribution is -0.118. The molecule has 2 aromatic rings. The summed E-state index contributed by atoms with van der Waals surface area (Å²) in [5.74, 6) is -2.02. The van der Waals surface area contributed by atoms with Crippen LogP contribution in [0.5, 0.6) is 0 Å². The van der Waals surface area contributed by atoms with Crippen LogP contribution in [0, 0.1) is 12.8 Å². The van der Waals surface area contributed by atoms with Crippen LogP contribution in [0.1, 0.15) is 22.8 Å². The molecule has 0 saturated carbocycles. The first-order valence-electron chi connectivity index (χ1n) is 7.91. The maximum atomic E-state index is 12.7. The molecule has 0 radical (unpaired) electrons. The zero-order chi connectivity index (χ0) is 18.8. The third-order valence-corrected chi connectivity index (χ3v) is 4.41. The number of amides is 1. The molecule has 0 saturated heterocycles. The Bertz CT molecular complexity index is 953. The molecule has 0 fully saturated rings. The molecule has 132 valence electrons. The van der Waals surface area contributed by atoms with Gasteiger partial charge < -0.3 is 5.11 Å². The lowest BCUT2D eigenvalue weighted by atomic mass is 10.1. The number of aliphatic imine (C=N–C) groups is 1. The van der Waals surface area contributed by atoms with Crippen LogP contribution >= 0.6 is 11.6 Å². The van der Waals surface area contributed by atoms with E-state index < -0.39 is 11.9 Å². The Morgan fingerprint density at radius 3 is 2.65 bits per heavy atom. The maximum Gasteiger partial charge on any atom is 0.338 e. The van der Waals surface area contributed by atoms with Crippen LogP contribution in [0.2, 0.25) is 5.02 Å². The van der Waals surface area contributed by atoms with Crippen molar-refractivity contribution >= 4 is 46.8 Å². The van der Waals surface area contributed by atoms with Crippen molar-refractivity contribution in [2.45, 2.75) is 13.8 Å². The van der Waals surface area contributed by atoms with E-state index in [0.29, 0.717) is 27.7 Å². The van der Waals surface area contributed by atoms with E-state index in [-0.39, 0.29) is 11.5 Å². The van der Waals surface area contributed by atoms with Crippen LogP contribution in [-0.2, 0) is 4.79 Å². The molecule has 1 N–H and O–H groups in total. The Kier molecular flexibility index (Phi) is 4.86. The van der Waals surface area contributed by atoms with Crippen LogP contribution < -0.4 is 5.01 Å². The summed E-state index contributed by atoms with van der Waals surface area (Å²) in [4.78, 5) is 28.4. The maximum absolute atomic E-state index is 12.7. The molecular formula is C19H16ClN3O3. The van der Waals surface area contributed by atoms with Crippen molar-refractivity contribution in [3.8, 4) is 0 Å². The second-order valence-corrected chi connectivity index (χ2v) is 6.28. The fourth-order valence-electron chi connectivity index (χ4n) is 2.74. The summed E-state index contributed by atoms with van der Waals surface area (Å²) in [5, 5.41) is 15.3. The third kappa shape index (κ3) is 3.23. The Morgan fingerprint density at radius 2 is 1.96 bits per heavy atom. The van der Waals surface area contributed by atoms with Gasteiger partial charge in [0.15, 0.2) is 0 Å². The molecule has 1 aliphatic rings. The molecule has 1 aliphatic heterocycles. The van der Waals surface area contributed by atoms with E-state index in [1.165, 1.54) is 11.2 Å². The van der Waals surface area contributed by atoms with Gasteiger partial charge in [0.05, 0.1) is 27.7 Å². The number of rotatable bonds is 4. The second-order valence-electron chi connectivity index (χ2n) is 5.87. The normalized spacial score (nSPS) is 17.0. The molecule has 1 heterocycles. The summed E-state index contributed by atoms with van der Waals surface area (Å²) in [7, 11) is 0. The number of hydrogen-bond acceptors (Lipinski definition) is 4. The van der Waals surface area contributed by atoms with Crippen LogP contribution in [-0.4, -0.2) is 28.9 Å². The van der Waals surface area contributed by atoms with E-state index in [1.54, 1.807) is 56.3 Å². The smallest absolute Gasteiger partial charge is 0.338 e. The Morgan fingerprint density at radius 1 is 1.23 bits per heavy atom. The van der Waals surface area contributed by atoms with Crippen molar-refractivity contribution in [1.29, 1.82) is 0 Å². The number of aromatic carboxylic acids is 1. The van der Waals surface area contributed by atoms with Gasteiger partial charge in [-0.15, -0.1) is 0 Å². The van der Waals surface area contributed by atoms with Crippen LogP contribution in [0.25, 0.3) is 0 Å². The predicted molar refractivity (Wildman–Crippen MR) is 102 cm³/mol. The molecule has 3 rings (SSSR count). The highest BCUT2D eigenvalue weighted by Crippen LogP contribution is 2.30. The SMILES string of the molecule is CC1=NN(c2ccccc2Cl)C(=O)C1C=Nc1cccc(C)c1C(=O)O. The van der Waals surface area contributed by atoms with Gasteiger partial charge in [0.2, 0.25) is 0 Å². The summed E-state index contributed by atoms with van der Waals surface area (Å²) in [6.07, 6.45) is 1.43. The number of nitrogens with zero attached hydrogens (tertiary/aromatic N) is 3. The van der Waals surface area contributed by atoms with Gasteiger partial charge in [-0.05, 0) is 37.6 Å². The van der Waals surface area contributed by atoms with Crippen molar-refractivity contribution in [2.24, 2.45) is 16.0 Å². The Labute approximate surface area is 155 Å². The van der Waals surface area contributed by atoms with Gasteiger partial charge in [-0.1, -0.05) is 35.9 Å². The molecule has 0 aromatic heterocycles. The highest BCUT2D eigenvalue weighted by molar-refractivity contribution is 6.34. The van der Waals surface area contributed by atoms with E-state index in [4.69, 9.17) is 11.6 Å². The van der Waals surface area contributed by atoms with Crippen LogP contribution in [0.15, 0.2) is 52.6 Å². The molecule has 2 aromatic carbocycles. The number of para-hydroxylation sites is 1. The number of carbonyl (C=O) groups excluding carboxylic acids is 1. The minimum atomic E-state index is -1.06. The predicted octanol–water partition coefficient (Wildman–Crippen LogP) is 4.09. The summed E-state index contributed by atoms with van der Waals surface area (Å²) >= 11 is 6.15. The number of carbonyl (C=O) groups is 2. The Balaban J connectivity index is 1.91. The van der Waals surface area contributed by atoms with Crippen molar-refractivity contribution in [3.63, 3.8) is 0 Å². The molecular weight excluding hydrogens is 354 g/mol. The van der Waals surface area contributed by atoms with Gasteiger partial charge in [0, 0.05) is 6.21 Å². The number of hydrogen-bond donors (Lipinski definition) is 1. The first-order chi connectivity index (χ1) is 12.4. The first kappa shape index (κ1) is 17.8. The van der Waals surface area contributed by atoms with E-state index >= 15 is 0 Å². The van der Waals surface area contributed by atoms with Gasteiger partial charge in [0.1, 0.15) is 5.92 Å². The summed E-state index contributed by atoms with van der Waals surface area (Å²) < 4.78 is 0. The number of halogens is 1. The molecule has 0 spiro atoms. The van der Waals surface area contributed by atoms with E-state index in [1.807, 2.05) is 0 Å². The molecule has 26 heavy (non-hydrogen) atoms. The van der Waals surface area contributed by atoms with E-state index in [9.17, 15) is 14.7 Å². The minimum absolute atomic E-state index is 0.117. The quantitative estimate of drug-likeness (QED) is 0.824. The molecule has 6 nitrogen and oxygen atoms in total. The number of hydrazone groups is 1. The van der Waals surface area contributed by atoms with Crippen molar-refractivity contribution < 1.29 is 14.7 Å². The standard InChI is InChI=1S/C19H16ClN3O3/c1-11-6-5-8-15(17(11)19(25)26)21-10-13-12(2)22-23(18(13)24)16-9-4-3-7-14(16)20/h3-10,13H,1-2H3,(H,25,26). The van der Waals surface area contributed by atoms with Gasteiger partial charge in [0.25, 0.3) is 5.91 Å². The molecule has 1 unspecified atom stereocenters. The number of benzene rings is 2. The summed E-state index contributed by atoms with van der Waals surface area (Å²) in [5.41, 5.74) is 2.08. The number of carboxylic acid groups (broad SMARTS) is 1. The van der Waals surface area contributed by atoms with Crippen LogP contribution in [0.4, 0.5) is 11.4 Å². The summed E-state index contributed by atoms with van der Waals surface area (Å²) in [6.45, 7) is 3.43. The second kappa shape index (κ2) is 7.09. The fraction of sp³-hybridized carbons (Fsp3) is 0.158. The zero-order valence-electron chi connectivity index (χ0n) is 14.2. The first-order valence-corrected chi connectivity index (χ1v) is 8.28. The monoisotopic (exact) mass is 369 g/mol. The lowest BCUT2D eigenvalue weighted by Gasteiger charge is -2.14. The number of carboxylic acids is 1. The largest absolute Gasteiger partial charge is 0.478 e. The number of aryl methyl sites for hydroxylation is 1. The van der Waals surface area contributed by atoms with Gasteiger partial charge in [-0.25, -0.2) is 4.79 Å². The van der Waals surface area contributed by atoms with E-state index in [0.717, 1.165) is 0 Å². The van der Waals surface area contributed by atoms with Crippen molar-refractivity contribution in [2.75, 3.05) is 5.01 Å². The third-order valence-electron chi connectivity index (χ3n) is 4.09. The summed E-state index contributed by atoms with van der Waals surface area (Å²) in [6, 6.07) is 12.0.